The quantitative estimate of drug-likeness (QED) is 0.754. The highest BCUT2D eigenvalue weighted by atomic mass is 16.5. The van der Waals surface area contributed by atoms with E-state index in [4.69, 9.17) is 9.47 Å². The number of nitrogens with one attached hydrogen (secondary N) is 1. The Bertz CT molecular complexity index is 533. The normalized spacial score (nSPS) is 17.1. The molecule has 0 bridgehead atoms. The Labute approximate surface area is 145 Å². The Balaban J connectivity index is 2.17. The molecule has 2 rings (SSSR count). The van der Waals surface area contributed by atoms with Gasteiger partial charge in [0.05, 0.1) is 13.2 Å². The fourth-order valence-corrected chi connectivity index (χ4v) is 3.01. The summed E-state index contributed by atoms with van der Waals surface area (Å²) in [5.74, 6) is 1.46. The first kappa shape index (κ1) is 18.6. The van der Waals surface area contributed by atoms with Gasteiger partial charge in [0, 0.05) is 24.7 Å². The van der Waals surface area contributed by atoms with Crippen LogP contribution in [0.25, 0.3) is 0 Å². The lowest BCUT2D eigenvalue weighted by Gasteiger charge is -2.25. The number of nitrogens with zero attached hydrogens (tertiary/aromatic N) is 1. The van der Waals surface area contributed by atoms with Crippen LogP contribution >= 0.6 is 0 Å². The van der Waals surface area contributed by atoms with Gasteiger partial charge in [0.15, 0.2) is 11.5 Å². The van der Waals surface area contributed by atoms with Crippen LogP contribution in [0.1, 0.15) is 49.9 Å². The third kappa shape index (κ3) is 4.63. The summed E-state index contributed by atoms with van der Waals surface area (Å²) in [5, 5.41) is 3.18. The molecule has 1 N–H and O–H groups in total. The van der Waals surface area contributed by atoms with Gasteiger partial charge >= 0.3 is 0 Å². The maximum atomic E-state index is 12.9. The number of carbonyl (C=O) groups is 1. The second kappa shape index (κ2) is 9.52. The largest absolute Gasteiger partial charge is 0.490 e. The highest BCUT2D eigenvalue weighted by Gasteiger charge is 2.29. The Kier molecular flexibility index (Phi) is 7.37. The number of benzene rings is 1. The minimum absolute atomic E-state index is 0.0798. The zero-order valence-corrected chi connectivity index (χ0v) is 15.1. The SMILES string of the molecule is CCCOc1ccc(C(=O)N2CCCC2CNC)cc1OCCC. The van der Waals surface area contributed by atoms with Crippen LogP contribution in [0.5, 0.6) is 11.5 Å². The molecule has 1 atom stereocenters. The maximum Gasteiger partial charge on any atom is 0.254 e. The standard InChI is InChI=1S/C19H30N2O3/c1-4-11-23-17-9-8-15(13-18(17)24-12-5-2)19(22)21-10-6-7-16(21)14-20-3/h8-9,13,16,20H,4-7,10-12,14H2,1-3H3. The third-order valence-electron chi connectivity index (χ3n) is 4.19. The number of amides is 1. The highest BCUT2D eigenvalue weighted by Crippen LogP contribution is 2.30. The average Bonchev–Trinajstić information content (AvgIpc) is 3.06. The minimum atomic E-state index is 0.0798. The summed E-state index contributed by atoms with van der Waals surface area (Å²) in [6.07, 6.45) is 3.98. The molecule has 24 heavy (non-hydrogen) atoms. The van der Waals surface area contributed by atoms with E-state index in [2.05, 4.69) is 19.2 Å². The number of rotatable bonds is 9. The van der Waals surface area contributed by atoms with Crippen molar-refractivity contribution < 1.29 is 14.3 Å². The average molecular weight is 334 g/mol. The highest BCUT2D eigenvalue weighted by molar-refractivity contribution is 5.95. The molecule has 1 fully saturated rings. The first-order valence-corrected chi connectivity index (χ1v) is 9.06. The van der Waals surface area contributed by atoms with Crippen LogP contribution in [0.4, 0.5) is 0 Å². The smallest absolute Gasteiger partial charge is 0.254 e. The molecule has 0 spiro atoms. The Morgan fingerprint density at radius 3 is 2.58 bits per heavy atom. The summed E-state index contributed by atoms with van der Waals surface area (Å²) in [5.41, 5.74) is 0.674. The van der Waals surface area contributed by atoms with E-state index in [-0.39, 0.29) is 11.9 Å². The van der Waals surface area contributed by atoms with Crippen LogP contribution in [0.3, 0.4) is 0 Å². The van der Waals surface area contributed by atoms with Gasteiger partial charge < -0.3 is 19.7 Å². The summed E-state index contributed by atoms with van der Waals surface area (Å²) in [4.78, 5) is 14.9. The molecular weight excluding hydrogens is 304 g/mol. The molecule has 5 nitrogen and oxygen atoms in total. The molecule has 1 aromatic carbocycles. The molecule has 134 valence electrons. The van der Waals surface area contributed by atoms with E-state index in [1.54, 1.807) is 0 Å². The molecule has 1 aromatic rings. The van der Waals surface area contributed by atoms with Gasteiger partial charge in [-0.3, -0.25) is 4.79 Å². The predicted octanol–water partition coefficient (Wildman–Crippen LogP) is 3.09. The zero-order chi connectivity index (χ0) is 17.4. The first-order valence-electron chi connectivity index (χ1n) is 9.06. The molecule has 1 heterocycles. The van der Waals surface area contributed by atoms with Crippen LogP contribution < -0.4 is 14.8 Å². The lowest BCUT2D eigenvalue weighted by molar-refractivity contribution is 0.0736. The van der Waals surface area contributed by atoms with Gasteiger partial charge in [-0.25, -0.2) is 0 Å². The minimum Gasteiger partial charge on any atom is -0.490 e. The van der Waals surface area contributed by atoms with E-state index in [1.165, 1.54) is 0 Å². The van der Waals surface area contributed by atoms with Gasteiger partial charge in [-0.15, -0.1) is 0 Å². The molecule has 5 heteroatoms. The summed E-state index contributed by atoms with van der Waals surface area (Å²) in [7, 11) is 1.93. The van der Waals surface area contributed by atoms with Gasteiger partial charge in [-0.05, 0) is 50.9 Å². The van der Waals surface area contributed by atoms with Crippen molar-refractivity contribution in [2.24, 2.45) is 0 Å². The fourth-order valence-electron chi connectivity index (χ4n) is 3.01. The monoisotopic (exact) mass is 334 g/mol. The first-order chi connectivity index (χ1) is 11.7. The number of ether oxygens (including phenoxy) is 2. The number of likely N-dealkylation sites (N-methyl/N-ethyl adjacent to an activating group) is 1. The zero-order valence-electron chi connectivity index (χ0n) is 15.1. The Morgan fingerprint density at radius 1 is 1.21 bits per heavy atom. The van der Waals surface area contributed by atoms with Crippen LogP contribution in [0.15, 0.2) is 18.2 Å². The molecule has 0 saturated carbocycles. The predicted molar refractivity (Wildman–Crippen MR) is 96.0 cm³/mol. The Morgan fingerprint density at radius 2 is 1.92 bits per heavy atom. The Hall–Kier alpha value is -1.75. The van der Waals surface area contributed by atoms with Crippen molar-refractivity contribution in [1.82, 2.24) is 10.2 Å². The topological polar surface area (TPSA) is 50.8 Å². The summed E-state index contributed by atoms with van der Waals surface area (Å²) in [6.45, 7) is 7.05. The van der Waals surface area contributed by atoms with Gasteiger partial charge in [0.1, 0.15) is 0 Å². The molecule has 1 aliphatic rings. The number of likely N-dealkylation sites (tertiary alicyclic amines) is 1. The molecule has 1 amide bonds. The van der Waals surface area contributed by atoms with E-state index in [0.717, 1.165) is 44.5 Å². The van der Waals surface area contributed by atoms with E-state index in [0.29, 0.717) is 24.5 Å². The lowest BCUT2D eigenvalue weighted by Crippen LogP contribution is -2.40. The van der Waals surface area contributed by atoms with Crippen molar-refractivity contribution in [2.45, 2.75) is 45.6 Å². The van der Waals surface area contributed by atoms with E-state index in [9.17, 15) is 4.79 Å². The van der Waals surface area contributed by atoms with Crippen molar-refractivity contribution in [3.8, 4) is 11.5 Å². The van der Waals surface area contributed by atoms with Crippen LogP contribution in [-0.2, 0) is 0 Å². The number of carbonyl (C=O) groups excluding carboxylic acids is 1. The van der Waals surface area contributed by atoms with Crippen molar-refractivity contribution >= 4 is 5.91 Å². The van der Waals surface area contributed by atoms with Crippen LogP contribution in [0.2, 0.25) is 0 Å². The maximum absolute atomic E-state index is 12.9. The molecular formula is C19H30N2O3. The van der Waals surface area contributed by atoms with Crippen molar-refractivity contribution in [1.29, 1.82) is 0 Å². The molecule has 1 aliphatic heterocycles. The molecule has 1 unspecified atom stereocenters. The summed E-state index contributed by atoms with van der Waals surface area (Å²) in [6, 6.07) is 5.81. The third-order valence-corrected chi connectivity index (χ3v) is 4.19. The van der Waals surface area contributed by atoms with E-state index >= 15 is 0 Å². The van der Waals surface area contributed by atoms with Gasteiger partial charge in [-0.2, -0.15) is 0 Å². The van der Waals surface area contributed by atoms with Gasteiger partial charge in [0.25, 0.3) is 5.91 Å². The summed E-state index contributed by atoms with van der Waals surface area (Å²) >= 11 is 0. The van der Waals surface area contributed by atoms with Crippen molar-refractivity contribution in [3.63, 3.8) is 0 Å². The van der Waals surface area contributed by atoms with Crippen molar-refractivity contribution in [2.75, 3.05) is 33.4 Å². The van der Waals surface area contributed by atoms with Crippen LogP contribution in [0, 0.1) is 0 Å². The molecule has 1 saturated heterocycles. The number of hydrogen-bond acceptors (Lipinski definition) is 4. The summed E-state index contributed by atoms with van der Waals surface area (Å²) < 4.78 is 11.5. The lowest BCUT2D eigenvalue weighted by atomic mass is 10.1. The van der Waals surface area contributed by atoms with Crippen molar-refractivity contribution in [3.05, 3.63) is 23.8 Å². The molecule has 0 radical (unpaired) electrons. The molecule has 0 aliphatic carbocycles. The second-order valence-electron chi connectivity index (χ2n) is 6.21. The van der Waals surface area contributed by atoms with Gasteiger partial charge in [-0.1, -0.05) is 13.8 Å². The van der Waals surface area contributed by atoms with E-state index in [1.807, 2.05) is 30.1 Å². The van der Waals surface area contributed by atoms with Gasteiger partial charge in [0.2, 0.25) is 0 Å². The second-order valence-corrected chi connectivity index (χ2v) is 6.21. The van der Waals surface area contributed by atoms with E-state index < -0.39 is 0 Å². The van der Waals surface area contributed by atoms with Crippen LogP contribution in [-0.4, -0.2) is 50.2 Å². The fraction of sp³-hybridized carbons (Fsp3) is 0.632. The molecule has 0 aromatic heterocycles. The number of hydrogen-bond donors (Lipinski definition) is 1.